The van der Waals surface area contributed by atoms with Crippen molar-refractivity contribution in [2.45, 2.75) is 64.6 Å². The van der Waals surface area contributed by atoms with Crippen molar-refractivity contribution in [3.8, 4) is 5.75 Å². The van der Waals surface area contributed by atoms with Crippen molar-refractivity contribution in [3.63, 3.8) is 0 Å². The summed E-state index contributed by atoms with van der Waals surface area (Å²) in [7, 11) is 0. The predicted molar refractivity (Wildman–Crippen MR) is 85.3 cm³/mol. The van der Waals surface area contributed by atoms with E-state index in [0.29, 0.717) is 23.9 Å². The maximum Gasteiger partial charge on any atom is 0.119 e. The average molecular weight is 288 g/mol. The fourth-order valence-electron chi connectivity index (χ4n) is 3.90. The summed E-state index contributed by atoms with van der Waals surface area (Å²) < 4.78 is 5.81. The molecule has 0 aromatic heterocycles. The summed E-state index contributed by atoms with van der Waals surface area (Å²) >= 11 is 0. The van der Waals surface area contributed by atoms with Crippen LogP contribution in [0.4, 0.5) is 0 Å². The first-order chi connectivity index (χ1) is 9.99. The first kappa shape index (κ1) is 14.9. The highest BCUT2D eigenvalue weighted by atomic mass is 16.5. The molecule has 0 aliphatic heterocycles. The summed E-state index contributed by atoms with van der Waals surface area (Å²) in [5.74, 6) is 2.39. The molecule has 0 heterocycles. The Morgan fingerprint density at radius 1 is 1.10 bits per heavy atom. The molecule has 3 atom stereocenters. The van der Waals surface area contributed by atoms with E-state index in [1.54, 1.807) is 0 Å². The Kier molecular flexibility index (Phi) is 4.00. The number of hydrogen-bond donors (Lipinski definition) is 1. The second-order valence-electron chi connectivity index (χ2n) is 7.50. The van der Waals surface area contributed by atoms with E-state index < -0.39 is 5.60 Å². The summed E-state index contributed by atoms with van der Waals surface area (Å²) in [6, 6.07) is 8.21. The van der Waals surface area contributed by atoms with Gasteiger partial charge in [0.1, 0.15) is 5.75 Å². The third-order valence-corrected chi connectivity index (χ3v) is 5.23. The lowest BCUT2D eigenvalue weighted by atomic mass is 9.64. The zero-order valence-corrected chi connectivity index (χ0v) is 13.5. The lowest BCUT2D eigenvalue weighted by molar-refractivity contribution is -0.0865. The second kappa shape index (κ2) is 5.64. The van der Waals surface area contributed by atoms with Gasteiger partial charge in [0.2, 0.25) is 0 Å². The minimum atomic E-state index is -0.677. The molecule has 2 aliphatic rings. The highest BCUT2D eigenvalue weighted by Crippen LogP contribution is 2.47. The molecule has 1 aromatic carbocycles. The van der Waals surface area contributed by atoms with Crippen LogP contribution in [0, 0.1) is 17.8 Å². The van der Waals surface area contributed by atoms with Gasteiger partial charge in [0.25, 0.3) is 0 Å². The van der Waals surface area contributed by atoms with E-state index in [1.807, 2.05) is 12.1 Å². The summed E-state index contributed by atoms with van der Waals surface area (Å²) in [6.07, 6.45) is 6.01. The Hall–Kier alpha value is -1.02. The van der Waals surface area contributed by atoms with Crippen LogP contribution in [0.25, 0.3) is 0 Å². The Morgan fingerprint density at radius 2 is 1.76 bits per heavy atom. The SMILES string of the molecule is CC1CCC(C(C)C)C(O)(c2ccc(OC3CC3)cc2)C1. The minimum absolute atomic E-state index is 0.351. The lowest BCUT2D eigenvalue weighted by Gasteiger charge is -2.45. The molecule has 21 heavy (non-hydrogen) atoms. The molecule has 2 heteroatoms. The standard InChI is InChI=1S/C19H28O2/c1-13(2)18-11-4-14(3)12-19(18,20)15-5-7-16(8-6-15)21-17-9-10-17/h5-8,13-14,17-18,20H,4,9-12H2,1-3H3. The van der Waals surface area contributed by atoms with Crippen LogP contribution in [-0.2, 0) is 5.60 Å². The van der Waals surface area contributed by atoms with E-state index in [0.717, 1.165) is 24.2 Å². The van der Waals surface area contributed by atoms with Gasteiger partial charge in [0.15, 0.2) is 0 Å². The van der Waals surface area contributed by atoms with Crippen LogP contribution in [0.1, 0.15) is 58.4 Å². The molecular formula is C19H28O2. The highest BCUT2D eigenvalue weighted by molar-refractivity contribution is 5.32. The number of benzene rings is 1. The monoisotopic (exact) mass is 288 g/mol. The summed E-state index contributed by atoms with van der Waals surface area (Å²) in [5.41, 5.74) is 0.389. The summed E-state index contributed by atoms with van der Waals surface area (Å²) in [4.78, 5) is 0. The molecule has 3 unspecified atom stereocenters. The highest BCUT2D eigenvalue weighted by Gasteiger charge is 2.43. The van der Waals surface area contributed by atoms with E-state index in [1.165, 1.54) is 19.3 Å². The molecule has 0 radical (unpaired) electrons. The minimum Gasteiger partial charge on any atom is -0.490 e. The van der Waals surface area contributed by atoms with E-state index >= 15 is 0 Å². The van der Waals surface area contributed by atoms with Crippen molar-refractivity contribution in [3.05, 3.63) is 29.8 Å². The van der Waals surface area contributed by atoms with Gasteiger partial charge in [-0.3, -0.25) is 0 Å². The van der Waals surface area contributed by atoms with Gasteiger partial charge in [-0.05, 0) is 61.1 Å². The predicted octanol–water partition coefficient (Wildman–Crippen LogP) is 4.51. The molecule has 1 N–H and O–H groups in total. The zero-order chi connectivity index (χ0) is 15.0. The molecule has 116 valence electrons. The largest absolute Gasteiger partial charge is 0.490 e. The second-order valence-corrected chi connectivity index (χ2v) is 7.50. The van der Waals surface area contributed by atoms with Crippen molar-refractivity contribution in [1.29, 1.82) is 0 Å². The Morgan fingerprint density at radius 3 is 2.33 bits per heavy atom. The van der Waals surface area contributed by atoms with E-state index in [9.17, 15) is 5.11 Å². The zero-order valence-electron chi connectivity index (χ0n) is 13.5. The normalized spacial score (nSPS) is 33.2. The summed E-state index contributed by atoms with van der Waals surface area (Å²) in [5, 5.41) is 11.4. The number of aliphatic hydroxyl groups is 1. The van der Waals surface area contributed by atoms with Gasteiger partial charge in [0, 0.05) is 0 Å². The molecule has 2 fully saturated rings. The molecule has 1 aromatic rings. The molecule has 0 saturated heterocycles. The number of rotatable bonds is 4. The van der Waals surface area contributed by atoms with Gasteiger partial charge in [-0.2, -0.15) is 0 Å². The maximum atomic E-state index is 11.4. The van der Waals surface area contributed by atoms with Gasteiger partial charge in [-0.1, -0.05) is 39.3 Å². The lowest BCUT2D eigenvalue weighted by Crippen LogP contribution is -2.43. The quantitative estimate of drug-likeness (QED) is 0.883. The Labute approximate surface area is 128 Å². The van der Waals surface area contributed by atoms with E-state index in [2.05, 4.69) is 32.9 Å². The van der Waals surface area contributed by atoms with Crippen LogP contribution >= 0.6 is 0 Å². The van der Waals surface area contributed by atoms with E-state index in [4.69, 9.17) is 4.74 Å². The van der Waals surface area contributed by atoms with Gasteiger partial charge in [0.05, 0.1) is 11.7 Å². The first-order valence-electron chi connectivity index (χ1n) is 8.48. The van der Waals surface area contributed by atoms with Crippen LogP contribution < -0.4 is 4.74 Å². The van der Waals surface area contributed by atoms with Crippen molar-refractivity contribution in [2.75, 3.05) is 0 Å². The average Bonchev–Trinajstić information content (AvgIpc) is 3.23. The number of hydrogen-bond acceptors (Lipinski definition) is 2. The fourth-order valence-corrected chi connectivity index (χ4v) is 3.90. The van der Waals surface area contributed by atoms with Crippen LogP contribution in [0.5, 0.6) is 5.75 Å². The van der Waals surface area contributed by atoms with Crippen molar-refractivity contribution in [1.82, 2.24) is 0 Å². The number of ether oxygens (including phenoxy) is 1. The van der Waals surface area contributed by atoms with Gasteiger partial charge >= 0.3 is 0 Å². The Bertz CT molecular complexity index is 475. The maximum absolute atomic E-state index is 11.4. The van der Waals surface area contributed by atoms with Gasteiger partial charge in [-0.25, -0.2) is 0 Å². The van der Waals surface area contributed by atoms with Crippen molar-refractivity contribution < 1.29 is 9.84 Å². The smallest absolute Gasteiger partial charge is 0.119 e. The van der Waals surface area contributed by atoms with Crippen LogP contribution in [0.2, 0.25) is 0 Å². The van der Waals surface area contributed by atoms with E-state index in [-0.39, 0.29) is 0 Å². The molecule has 0 amide bonds. The molecule has 3 rings (SSSR count). The first-order valence-corrected chi connectivity index (χ1v) is 8.48. The molecule has 0 spiro atoms. The van der Waals surface area contributed by atoms with Gasteiger partial charge in [-0.15, -0.1) is 0 Å². The molecule has 0 bridgehead atoms. The Balaban J connectivity index is 1.83. The summed E-state index contributed by atoms with van der Waals surface area (Å²) in [6.45, 7) is 6.72. The molecule has 2 nitrogen and oxygen atoms in total. The molecule has 2 aliphatic carbocycles. The third-order valence-electron chi connectivity index (χ3n) is 5.23. The van der Waals surface area contributed by atoms with Crippen LogP contribution in [0.15, 0.2) is 24.3 Å². The molecule has 2 saturated carbocycles. The van der Waals surface area contributed by atoms with Crippen molar-refractivity contribution in [2.24, 2.45) is 17.8 Å². The van der Waals surface area contributed by atoms with Crippen LogP contribution in [0.3, 0.4) is 0 Å². The third kappa shape index (κ3) is 3.11. The van der Waals surface area contributed by atoms with Crippen LogP contribution in [-0.4, -0.2) is 11.2 Å². The van der Waals surface area contributed by atoms with Gasteiger partial charge < -0.3 is 9.84 Å². The van der Waals surface area contributed by atoms with Crippen molar-refractivity contribution >= 4 is 0 Å². The fraction of sp³-hybridized carbons (Fsp3) is 0.684. The molecular weight excluding hydrogens is 260 g/mol. The topological polar surface area (TPSA) is 29.5 Å².